The predicted molar refractivity (Wildman–Crippen MR) is 96.2 cm³/mol. The molecule has 0 saturated carbocycles. The zero-order valence-corrected chi connectivity index (χ0v) is 14.1. The number of carboxylic acids is 1. The zero-order valence-electron chi connectivity index (χ0n) is 14.1. The van der Waals surface area contributed by atoms with Crippen LogP contribution in [0.2, 0.25) is 0 Å². The van der Waals surface area contributed by atoms with Crippen LogP contribution >= 0.6 is 0 Å². The predicted octanol–water partition coefficient (Wildman–Crippen LogP) is 2.40. The smallest absolute Gasteiger partial charge is 0.331 e. The van der Waals surface area contributed by atoms with E-state index >= 15 is 0 Å². The summed E-state index contributed by atoms with van der Waals surface area (Å²) in [5.74, 6) is -1.86. The number of amides is 3. The number of hydrogen-bond acceptors (Lipinski definition) is 4. The molecule has 0 saturated heterocycles. The summed E-state index contributed by atoms with van der Waals surface area (Å²) in [6, 6.07) is 16.4. The number of aliphatic carboxylic acids is 1. The molecule has 134 valence electrons. The minimum atomic E-state index is -1.23. The lowest BCUT2D eigenvalue weighted by Gasteiger charge is -2.18. The van der Waals surface area contributed by atoms with Gasteiger partial charge in [0.05, 0.1) is 6.08 Å². The number of carbonyl (C=O) groups excluding carboxylic acids is 2. The van der Waals surface area contributed by atoms with Crippen molar-refractivity contribution < 1.29 is 19.5 Å². The van der Waals surface area contributed by atoms with Gasteiger partial charge >= 0.3 is 12.0 Å². The first-order valence-electron chi connectivity index (χ1n) is 7.89. The van der Waals surface area contributed by atoms with Crippen molar-refractivity contribution in [1.82, 2.24) is 16.0 Å². The van der Waals surface area contributed by atoms with Crippen LogP contribution in [0.3, 0.4) is 0 Å². The Morgan fingerprint density at radius 1 is 0.923 bits per heavy atom. The lowest BCUT2D eigenvalue weighted by molar-refractivity contribution is -0.131. The lowest BCUT2D eigenvalue weighted by atomic mass is 10.1. The van der Waals surface area contributed by atoms with E-state index in [-0.39, 0.29) is 11.9 Å². The summed E-state index contributed by atoms with van der Waals surface area (Å²) < 4.78 is 0. The Morgan fingerprint density at radius 2 is 1.50 bits per heavy atom. The van der Waals surface area contributed by atoms with E-state index in [1.807, 2.05) is 37.3 Å². The molecule has 0 radical (unpaired) electrons. The molecule has 4 N–H and O–H groups in total. The van der Waals surface area contributed by atoms with Gasteiger partial charge in [-0.1, -0.05) is 48.5 Å². The molecule has 0 aliphatic carbocycles. The highest BCUT2D eigenvalue weighted by atomic mass is 16.4. The van der Waals surface area contributed by atoms with Gasteiger partial charge in [-0.2, -0.15) is 0 Å². The van der Waals surface area contributed by atoms with E-state index in [1.54, 1.807) is 30.3 Å². The van der Waals surface area contributed by atoms with Gasteiger partial charge in [0.15, 0.2) is 0 Å². The monoisotopic (exact) mass is 353 g/mol. The summed E-state index contributed by atoms with van der Waals surface area (Å²) in [7, 11) is 0. The van der Waals surface area contributed by atoms with Gasteiger partial charge in [-0.05, 0) is 24.6 Å². The van der Waals surface area contributed by atoms with Crippen LogP contribution in [0, 0.1) is 0 Å². The Kier molecular flexibility index (Phi) is 6.50. The molecule has 0 aromatic heterocycles. The number of carbonyl (C=O) groups is 3. The number of hydrogen-bond donors (Lipinski definition) is 4. The molecular formula is C19H19N3O4. The first kappa shape index (κ1) is 18.7. The van der Waals surface area contributed by atoms with Crippen LogP contribution in [0.25, 0.3) is 0 Å². The highest BCUT2D eigenvalue weighted by molar-refractivity contribution is 6.04. The number of carboxylic acid groups (broad SMARTS) is 1. The Bertz CT molecular complexity index is 804. The van der Waals surface area contributed by atoms with Crippen molar-refractivity contribution in [1.29, 1.82) is 0 Å². The third-order valence-corrected chi connectivity index (χ3v) is 3.45. The maximum absolute atomic E-state index is 12.0. The quantitative estimate of drug-likeness (QED) is 0.597. The van der Waals surface area contributed by atoms with Crippen molar-refractivity contribution in [2.45, 2.75) is 13.0 Å². The fraction of sp³-hybridized carbons (Fsp3) is 0.105. The topological polar surface area (TPSA) is 108 Å². The molecule has 0 aliphatic rings. The van der Waals surface area contributed by atoms with Crippen LogP contribution in [-0.4, -0.2) is 23.0 Å². The Morgan fingerprint density at radius 3 is 2.08 bits per heavy atom. The minimum absolute atomic E-state index is 0.0350. The van der Waals surface area contributed by atoms with E-state index in [0.717, 1.165) is 11.6 Å². The number of urea groups is 1. The van der Waals surface area contributed by atoms with E-state index < -0.39 is 17.9 Å². The summed E-state index contributed by atoms with van der Waals surface area (Å²) in [5, 5.41) is 16.4. The number of rotatable bonds is 6. The van der Waals surface area contributed by atoms with Crippen LogP contribution in [0.4, 0.5) is 4.79 Å². The zero-order chi connectivity index (χ0) is 18.9. The molecule has 2 aromatic carbocycles. The Balaban J connectivity index is 2.02. The molecule has 0 heterocycles. The lowest BCUT2D eigenvalue weighted by Crippen LogP contribution is -2.42. The number of imide groups is 1. The van der Waals surface area contributed by atoms with Crippen LogP contribution < -0.4 is 16.0 Å². The summed E-state index contributed by atoms with van der Waals surface area (Å²) in [5.41, 5.74) is 1.23. The highest BCUT2D eigenvalue weighted by Gasteiger charge is 2.14. The summed E-state index contributed by atoms with van der Waals surface area (Å²) >= 11 is 0. The van der Waals surface area contributed by atoms with Crippen molar-refractivity contribution in [2.75, 3.05) is 0 Å². The average Bonchev–Trinajstić information content (AvgIpc) is 2.62. The van der Waals surface area contributed by atoms with Crippen molar-refractivity contribution >= 4 is 17.9 Å². The van der Waals surface area contributed by atoms with Gasteiger partial charge in [0, 0.05) is 11.6 Å². The molecule has 2 aromatic rings. The first-order chi connectivity index (χ1) is 12.5. The van der Waals surface area contributed by atoms with Gasteiger partial charge in [0.25, 0.3) is 5.91 Å². The second-order valence-electron chi connectivity index (χ2n) is 5.45. The molecule has 1 atom stereocenters. The van der Waals surface area contributed by atoms with Gasteiger partial charge in [-0.25, -0.2) is 9.59 Å². The maximum Gasteiger partial charge on any atom is 0.331 e. The van der Waals surface area contributed by atoms with Crippen molar-refractivity contribution in [2.24, 2.45) is 0 Å². The van der Waals surface area contributed by atoms with Crippen LogP contribution in [0.5, 0.6) is 0 Å². The van der Waals surface area contributed by atoms with Gasteiger partial charge in [-0.15, -0.1) is 0 Å². The number of benzene rings is 2. The van der Waals surface area contributed by atoms with Gasteiger partial charge in [0.2, 0.25) is 0 Å². The fourth-order valence-corrected chi connectivity index (χ4v) is 2.21. The molecule has 0 aliphatic heterocycles. The van der Waals surface area contributed by atoms with Gasteiger partial charge in [-0.3, -0.25) is 15.4 Å². The van der Waals surface area contributed by atoms with Crippen LogP contribution in [-0.2, 0) is 4.79 Å². The largest absolute Gasteiger partial charge is 0.478 e. The second kappa shape index (κ2) is 9.03. The van der Waals surface area contributed by atoms with Crippen molar-refractivity contribution in [3.05, 3.63) is 83.7 Å². The Hall–Kier alpha value is -3.61. The number of nitrogens with one attached hydrogen (secondary N) is 3. The van der Waals surface area contributed by atoms with E-state index in [0.29, 0.717) is 5.56 Å². The first-order valence-corrected chi connectivity index (χ1v) is 7.89. The molecule has 0 fully saturated rings. The maximum atomic E-state index is 12.0. The third kappa shape index (κ3) is 5.79. The fourth-order valence-electron chi connectivity index (χ4n) is 2.21. The van der Waals surface area contributed by atoms with Crippen LogP contribution in [0.15, 0.2) is 72.6 Å². The van der Waals surface area contributed by atoms with E-state index in [9.17, 15) is 14.4 Å². The Labute approximate surface area is 150 Å². The molecule has 0 unspecified atom stereocenters. The summed E-state index contributed by atoms with van der Waals surface area (Å²) in [4.78, 5) is 35.0. The summed E-state index contributed by atoms with van der Waals surface area (Å²) in [6.07, 6.45) is 0.825. The molecule has 0 bridgehead atoms. The van der Waals surface area contributed by atoms with E-state index in [2.05, 4.69) is 16.0 Å². The highest BCUT2D eigenvalue weighted by Crippen LogP contribution is 2.12. The van der Waals surface area contributed by atoms with E-state index in [4.69, 9.17) is 5.11 Å². The van der Waals surface area contributed by atoms with Gasteiger partial charge in [0.1, 0.15) is 5.82 Å². The van der Waals surface area contributed by atoms with Crippen molar-refractivity contribution in [3.63, 3.8) is 0 Å². The van der Waals surface area contributed by atoms with Crippen LogP contribution in [0.1, 0.15) is 28.9 Å². The molecular weight excluding hydrogens is 334 g/mol. The molecule has 7 nitrogen and oxygen atoms in total. The second-order valence-corrected chi connectivity index (χ2v) is 5.45. The minimum Gasteiger partial charge on any atom is -0.478 e. The van der Waals surface area contributed by atoms with Crippen molar-refractivity contribution in [3.8, 4) is 0 Å². The molecule has 3 amide bonds. The van der Waals surface area contributed by atoms with E-state index in [1.165, 1.54) is 0 Å². The standard InChI is InChI=1S/C19H19N3O4/c1-13(14-8-4-2-5-9-14)20-16(12-17(23)24)21-19(26)22-18(25)15-10-6-3-7-11-15/h2-13,20H,1H3,(H,23,24)(H2,21,22,25,26)/t13-/m0/s1. The SMILES string of the molecule is C[C@H](NC(=CC(=O)O)NC(=O)NC(=O)c1ccccc1)c1ccccc1. The molecule has 0 spiro atoms. The molecule has 7 heteroatoms. The molecule has 2 rings (SSSR count). The van der Waals surface area contributed by atoms with Gasteiger partial charge < -0.3 is 10.4 Å². The molecule has 26 heavy (non-hydrogen) atoms. The average molecular weight is 353 g/mol. The summed E-state index contributed by atoms with van der Waals surface area (Å²) in [6.45, 7) is 1.82. The normalized spacial score (nSPS) is 12.0. The third-order valence-electron chi connectivity index (χ3n) is 3.45.